The highest BCUT2D eigenvalue weighted by Gasteiger charge is 2.33. The van der Waals surface area contributed by atoms with E-state index in [4.69, 9.17) is 5.73 Å². The van der Waals surface area contributed by atoms with Crippen LogP contribution in [-0.2, 0) is 0 Å². The van der Waals surface area contributed by atoms with Gasteiger partial charge in [0.25, 0.3) is 0 Å². The molecule has 2 rings (SSSR count). The molecule has 0 aromatic rings. The zero-order valence-corrected chi connectivity index (χ0v) is 8.71. The molecule has 2 heteroatoms. The van der Waals surface area contributed by atoms with Crippen LogP contribution in [0, 0.1) is 11.8 Å². The minimum Gasteiger partial charge on any atom is -0.328 e. The van der Waals surface area contributed by atoms with Crippen molar-refractivity contribution in [3.63, 3.8) is 0 Å². The molecule has 76 valence electrons. The summed E-state index contributed by atoms with van der Waals surface area (Å²) < 4.78 is 0. The van der Waals surface area contributed by atoms with Crippen LogP contribution in [0.2, 0.25) is 0 Å². The number of likely N-dealkylation sites (tertiary alicyclic amines) is 1. The van der Waals surface area contributed by atoms with Gasteiger partial charge in [-0.05, 0) is 44.1 Å². The SMILES string of the molecule is CCCN1CC2CC(N)CC(C2)C1. The fourth-order valence-corrected chi connectivity index (χ4v) is 3.22. The van der Waals surface area contributed by atoms with Crippen molar-refractivity contribution in [1.29, 1.82) is 0 Å². The fraction of sp³-hybridized carbons (Fsp3) is 1.00. The van der Waals surface area contributed by atoms with E-state index < -0.39 is 0 Å². The zero-order chi connectivity index (χ0) is 9.26. The van der Waals surface area contributed by atoms with Crippen LogP contribution in [0.5, 0.6) is 0 Å². The molecule has 2 nitrogen and oxygen atoms in total. The number of hydrogen-bond acceptors (Lipinski definition) is 2. The lowest BCUT2D eigenvalue weighted by molar-refractivity contribution is 0.0772. The minimum absolute atomic E-state index is 0.507. The maximum atomic E-state index is 6.03. The molecule has 1 aliphatic heterocycles. The summed E-state index contributed by atoms with van der Waals surface area (Å²) in [4.78, 5) is 2.64. The second kappa shape index (κ2) is 3.97. The van der Waals surface area contributed by atoms with Crippen molar-refractivity contribution in [3.8, 4) is 0 Å². The van der Waals surface area contributed by atoms with Crippen molar-refractivity contribution in [1.82, 2.24) is 4.90 Å². The maximum absolute atomic E-state index is 6.03. The lowest BCUT2D eigenvalue weighted by Crippen LogP contribution is -2.47. The molecular formula is C11H22N2. The van der Waals surface area contributed by atoms with Gasteiger partial charge < -0.3 is 10.6 Å². The summed E-state index contributed by atoms with van der Waals surface area (Å²) in [5.41, 5.74) is 6.03. The maximum Gasteiger partial charge on any atom is 0.00450 e. The summed E-state index contributed by atoms with van der Waals surface area (Å²) >= 11 is 0. The third kappa shape index (κ3) is 2.23. The number of rotatable bonds is 2. The fourth-order valence-electron chi connectivity index (χ4n) is 3.22. The van der Waals surface area contributed by atoms with Gasteiger partial charge in [0.15, 0.2) is 0 Å². The summed E-state index contributed by atoms with van der Waals surface area (Å²) in [5.74, 6) is 1.82. The van der Waals surface area contributed by atoms with Crippen molar-refractivity contribution in [2.45, 2.75) is 38.6 Å². The van der Waals surface area contributed by atoms with Crippen molar-refractivity contribution < 1.29 is 0 Å². The van der Waals surface area contributed by atoms with Crippen molar-refractivity contribution in [2.24, 2.45) is 17.6 Å². The van der Waals surface area contributed by atoms with Crippen LogP contribution in [0.15, 0.2) is 0 Å². The van der Waals surface area contributed by atoms with E-state index in [1.807, 2.05) is 0 Å². The van der Waals surface area contributed by atoms with E-state index in [-0.39, 0.29) is 0 Å². The summed E-state index contributed by atoms with van der Waals surface area (Å²) in [6.45, 7) is 6.20. The first-order valence-electron chi connectivity index (χ1n) is 5.76. The summed E-state index contributed by atoms with van der Waals surface area (Å²) in [6.07, 6.45) is 5.30. The van der Waals surface area contributed by atoms with E-state index in [0.29, 0.717) is 6.04 Å². The van der Waals surface area contributed by atoms with E-state index in [9.17, 15) is 0 Å². The van der Waals surface area contributed by atoms with Crippen LogP contribution in [0.25, 0.3) is 0 Å². The van der Waals surface area contributed by atoms with Crippen LogP contribution in [-0.4, -0.2) is 30.6 Å². The van der Waals surface area contributed by atoms with Crippen LogP contribution in [0.3, 0.4) is 0 Å². The van der Waals surface area contributed by atoms with Crippen molar-refractivity contribution >= 4 is 0 Å². The van der Waals surface area contributed by atoms with Crippen LogP contribution in [0.4, 0.5) is 0 Å². The molecule has 2 unspecified atom stereocenters. The Kier molecular flexibility index (Phi) is 2.89. The standard InChI is InChI=1S/C11H22N2/c1-2-3-13-7-9-4-10(8-13)6-11(12)5-9/h9-11H,2-8,12H2,1H3. The summed E-state index contributed by atoms with van der Waals surface area (Å²) in [5, 5.41) is 0. The monoisotopic (exact) mass is 182 g/mol. The number of nitrogens with two attached hydrogens (primary N) is 1. The second-order valence-electron chi connectivity index (χ2n) is 4.96. The Hall–Kier alpha value is -0.0800. The second-order valence-corrected chi connectivity index (χ2v) is 4.96. The molecule has 1 saturated carbocycles. The van der Waals surface area contributed by atoms with Gasteiger partial charge >= 0.3 is 0 Å². The minimum atomic E-state index is 0.507. The largest absolute Gasteiger partial charge is 0.328 e. The first-order chi connectivity index (χ1) is 6.28. The molecule has 2 aliphatic rings. The van der Waals surface area contributed by atoms with Crippen LogP contribution in [0.1, 0.15) is 32.6 Å². The molecule has 1 heterocycles. The normalized spacial score (nSPS) is 40.6. The summed E-state index contributed by atoms with van der Waals surface area (Å²) in [6, 6.07) is 0.507. The molecular weight excluding hydrogens is 160 g/mol. The molecule has 2 N–H and O–H groups in total. The highest BCUT2D eigenvalue weighted by Crippen LogP contribution is 2.33. The third-order valence-electron chi connectivity index (χ3n) is 3.51. The molecule has 1 aliphatic carbocycles. The van der Waals surface area contributed by atoms with E-state index in [1.165, 1.54) is 45.3 Å². The molecule has 2 bridgehead atoms. The topological polar surface area (TPSA) is 29.3 Å². The highest BCUT2D eigenvalue weighted by molar-refractivity contribution is 4.88. The van der Waals surface area contributed by atoms with Gasteiger partial charge in [-0.3, -0.25) is 0 Å². The Balaban J connectivity index is 1.90. The summed E-state index contributed by atoms with van der Waals surface area (Å²) in [7, 11) is 0. The van der Waals surface area contributed by atoms with E-state index in [0.717, 1.165) is 11.8 Å². The Morgan fingerprint density at radius 3 is 2.31 bits per heavy atom. The highest BCUT2D eigenvalue weighted by atomic mass is 15.1. The van der Waals surface area contributed by atoms with Gasteiger partial charge in [0.1, 0.15) is 0 Å². The Morgan fingerprint density at radius 2 is 1.77 bits per heavy atom. The Bertz CT molecular complexity index is 151. The molecule has 2 fully saturated rings. The quantitative estimate of drug-likeness (QED) is 0.700. The number of nitrogens with zero attached hydrogens (tertiary/aromatic N) is 1. The lowest BCUT2D eigenvalue weighted by Gasteiger charge is -2.43. The number of piperidine rings is 1. The molecule has 0 radical (unpaired) electrons. The molecule has 0 spiro atoms. The predicted molar refractivity (Wildman–Crippen MR) is 55.5 cm³/mol. The molecule has 0 aromatic carbocycles. The van der Waals surface area contributed by atoms with Crippen molar-refractivity contribution in [2.75, 3.05) is 19.6 Å². The third-order valence-corrected chi connectivity index (χ3v) is 3.51. The van der Waals surface area contributed by atoms with Gasteiger partial charge in [0.05, 0.1) is 0 Å². The molecule has 13 heavy (non-hydrogen) atoms. The Labute approximate surface area is 81.5 Å². The average molecular weight is 182 g/mol. The van der Waals surface area contributed by atoms with E-state index in [2.05, 4.69) is 11.8 Å². The van der Waals surface area contributed by atoms with Gasteiger partial charge in [-0.25, -0.2) is 0 Å². The zero-order valence-electron chi connectivity index (χ0n) is 8.71. The van der Waals surface area contributed by atoms with E-state index in [1.54, 1.807) is 0 Å². The first-order valence-corrected chi connectivity index (χ1v) is 5.76. The first kappa shape index (κ1) is 9.47. The Morgan fingerprint density at radius 1 is 1.15 bits per heavy atom. The molecule has 0 aromatic heterocycles. The number of hydrogen-bond donors (Lipinski definition) is 1. The van der Waals surface area contributed by atoms with Crippen LogP contribution < -0.4 is 5.73 Å². The van der Waals surface area contributed by atoms with Gasteiger partial charge in [-0.15, -0.1) is 0 Å². The smallest absolute Gasteiger partial charge is 0.00450 e. The van der Waals surface area contributed by atoms with Crippen LogP contribution >= 0.6 is 0 Å². The van der Waals surface area contributed by atoms with Gasteiger partial charge in [0, 0.05) is 19.1 Å². The van der Waals surface area contributed by atoms with Gasteiger partial charge in [-0.1, -0.05) is 6.92 Å². The van der Waals surface area contributed by atoms with E-state index >= 15 is 0 Å². The lowest BCUT2D eigenvalue weighted by atomic mass is 9.75. The average Bonchev–Trinajstić information content (AvgIpc) is 2.01. The molecule has 1 saturated heterocycles. The molecule has 0 amide bonds. The van der Waals surface area contributed by atoms with Gasteiger partial charge in [-0.2, -0.15) is 0 Å². The predicted octanol–water partition coefficient (Wildman–Crippen LogP) is 1.46. The number of fused-ring (bicyclic) bond motifs is 2. The molecule has 2 atom stereocenters. The van der Waals surface area contributed by atoms with Gasteiger partial charge in [0.2, 0.25) is 0 Å². The van der Waals surface area contributed by atoms with Crippen molar-refractivity contribution in [3.05, 3.63) is 0 Å².